The van der Waals surface area contributed by atoms with Crippen molar-refractivity contribution in [3.05, 3.63) is 23.8 Å². The molecule has 0 fully saturated rings. The summed E-state index contributed by atoms with van der Waals surface area (Å²) in [5, 5.41) is 10.3. The lowest BCUT2D eigenvalue weighted by molar-refractivity contribution is 0.251. The highest BCUT2D eigenvalue weighted by molar-refractivity contribution is 5.45. The Labute approximate surface area is 123 Å². The van der Waals surface area contributed by atoms with Gasteiger partial charge < -0.3 is 9.84 Å². The smallest absolute Gasteiger partial charge is 0.162 e. The summed E-state index contributed by atoms with van der Waals surface area (Å²) >= 11 is 0. The standard InChI is InChI=1S/C17H29NO2/c1-4-7-12-18(13-8-5-2)14-15-10-9-11-16(17(15)19)20-6-3/h9-11,19H,4-8,12-14H2,1-3H3. The molecule has 1 N–H and O–H groups in total. The second-order valence-electron chi connectivity index (χ2n) is 5.18. The van der Waals surface area contributed by atoms with Gasteiger partial charge in [0.25, 0.3) is 0 Å². The SMILES string of the molecule is CCCCN(CCCC)Cc1cccc(OCC)c1O. The third-order valence-electron chi connectivity index (χ3n) is 3.43. The maximum Gasteiger partial charge on any atom is 0.162 e. The van der Waals surface area contributed by atoms with Gasteiger partial charge >= 0.3 is 0 Å². The average molecular weight is 279 g/mol. The van der Waals surface area contributed by atoms with E-state index in [2.05, 4.69) is 18.7 Å². The van der Waals surface area contributed by atoms with Crippen LogP contribution in [0.2, 0.25) is 0 Å². The lowest BCUT2D eigenvalue weighted by Crippen LogP contribution is -2.25. The number of unbranched alkanes of at least 4 members (excludes halogenated alkanes) is 2. The van der Waals surface area contributed by atoms with Gasteiger partial charge in [-0.3, -0.25) is 4.90 Å². The summed E-state index contributed by atoms with van der Waals surface area (Å²) in [7, 11) is 0. The van der Waals surface area contributed by atoms with Gasteiger partial charge in [0.05, 0.1) is 6.61 Å². The molecule has 0 aliphatic carbocycles. The van der Waals surface area contributed by atoms with Crippen LogP contribution in [0.15, 0.2) is 18.2 Å². The molecule has 0 saturated carbocycles. The van der Waals surface area contributed by atoms with Crippen molar-refractivity contribution in [2.24, 2.45) is 0 Å². The van der Waals surface area contributed by atoms with Crippen molar-refractivity contribution in [2.75, 3.05) is 19.7 Å². The fourth-order valence-corrected chi connectivity index (χ4v) is 2.24. The summed E-state index contributed by atoms with van der Waals surface area (Å²) < 4.78 is 5.45. The molecular weight excluding hydrogens is 250 g/mol. The maximum absolute atomic E-state index is 10.3. The molecule has 0 saturated heterocycles. The van der Waals surface area contributed by atoms with Crippen LogP contribution in [0, 0.1) is 0 Å². The average Bonchev–Trinajstić information content (AvgIpc) is 2.46. The topological polar surface area (TPSA) is 32.7 Å². The first kappa shape index (κ1) is 16.8. The number of ether oxygens (including phenoxy) is 1. The summed E-state index contributed by atoms with van der Waals surface area (Å²) in [6.07, 6.45) is 4.81. The monoisotopic (exact) mass is 279 g/mol. The van der Waals surface area contributed by atoms with E-state index < -0.39 is 0 Å². The van der Waals surface area contributed by atoms with E-state index in [0.717, 1.165) is 25.2 Å². The minimum Gasteiger partial charge on any atom is -0.504 e. The molecule has 1 rings (SSSR count). The highest BCUT2D eigenvalue weighted by Crippen LogP contribution is 2.30. The van der Waals surface area contributed by atoms with Crippen LogP contribution < -0.4 is 4.74 Å². The van der Waals surface area contributed by atoms with Crippen molar-refractivity contribution >= 4 is 0 Å². The molecule has 0 aliphatic heterocycles. The van der Waals surface area contributed by atoms with Gasteiger partial charge in [0, 0.05) is 12.1 Å². The van der Waals surface area contributed by atoms with Crippen LogP contribution in [0.3, 0.4) is 0 Å². The molecule has 3 nitrogen and oxygen atoms in total. The van der Waals surface area contributed by atoms with Crippen LogP contribution in [-0.4, -0.2) is 29.7 Å². The van der Waals surface area contributed by atoms with Crippen molar-refractivity contribution in [1.82, 2.24) is 4.90 Å². The molecule has 20 heavy (non-hydrogen) atoms. The molecule has 114 valence electrons. The predicted molar refractivity (Wildman–Crippen MR) is 84.4 cm³/mol. The van der Waals surface area contributed by atoms with Crippen molar-refractivity contribution in [1.29, 1.82) is 0 Å². The molecule has 3 heteroatoms. The van der Waals surface area contributed by atoms with E-state index in [4.69, 9.17) is 4.74 Å². The molecule has 0 unspecified atom stereocenters. The lowest BCUT2D eigenvalue weighted by atomic mass is 10.1. The van der Waals surface area contributed by atoms with Crippen molar-refractivity contribution in [3.8, 4) is 11.5 Å². The molecule has 0 aliphatic rings. The molecule has 0 spiro atoms. The first-order valence-electron chi connectivity index (χ1n) is 7.88. The highest BCUT2D eigenvalue weighted by atomic mass is 16.5. The fourth-order valence-electron chi connectivity index (χ4n) is 2.24. The van der Waals surface area contributed by atoms with Gasteiger partial charge in [-0.2, -0.15) is 0 Å². The van der Waals surface area contributed by atoms with E-state index in [1.807, 2.05) is 25.1 Å². The number of hydrogen-bond donors (Lipinski definition) is 1. The van der Waals surface area contributed by atoms with Crippen LogP contribution in [0.25, 0.3) is 0 Å². The minimum absolute atomic E-state index is 0.298. The van der Waals surface area contributed by atoms with E-state index in [1.54, 1.807) is 0 Å². The van der Waals surface area contributed by atoms with Crippen molar-refractivity contribution in [3.63, 3.8) is 0 Å². The van der Waals surface area contributed by atoms with E-state index in [9.17, 15) is 5.11 Å². The number of nitrogens with zero attached hydrogens (tertiary/aromatic N) is 1. The number of rotatable bonds is 10. The Bertz CT molecular complexity index is 371. The lowest BCUT2D eigenvalue weighted by Gasteiger charge is -2.23. The molecule has 1 aromatic rings. The number of benzene rings is 1. The zero-order valence-corrected chi connectivity index (χ0v) is 13.2. The van der Waals surface area contributed by atoms with Crippen LogP contribution in [0.1, 0.15) is 52.0 Å². The zero-order chi connectivity index (χ0) is 14.8. The first-order valence-corrected chi connectivity index (χ1v) is 7.88. The molecule has 0 atom stereocenters. The normalized spacial score (nSPS) is 11.0. The third kappa shape index (κ3) is 5.41. The van der Waals surface area contributed by atoms with Gasteiger partial charge in [-0.15, -0.1) is 0 Å². The van der Waals surface area contributed by atoms with Gasteiger partial charge in [-0.1, -0.05) is 38.8 Å². The highest BCUT2D eigenvalue weighted by Gasteiger charge is 2.11. The zero-order valence-electron chi connectivity index (χ0n) is 13.2. The van der Waals surface area contributed by atoms with E-state index in [1.165, 1.54) is 25.7 Å². The largest absolute Gasteiger partial charge is 0.504 e. The van der Waals surface area contributed by atoms with E-state index >= 15 is 0 Å². The Morgan fingerprint density at radius 1 is 1.05 bits per heavy atom. The molecule has 0 bridgehead atoms. The van der Waals surface area contributed by atoms with Crippen LogP contribution in [-0.2, 0) is 6.54 Å². The summed E-state index contributed by atoms with van der Waals surface area (Å²) in [4.78, 5) is 2.43. The Morgan fingerprint density at radius 3 is 2.25 bits per heavy atom. The van der Waals surface area contributed by atoms with Gasteiger partial charge in [0.15, 0.2) is 11.5 Å². The Balaban J connectivity index is 2.73. The number of aromatic hydroxyl groups is 1. The molecular formula is C17H29NO2. The van der Waals surface area contributed by atoms with Gasteiger partial charge in [0.2, 0.25) is 0 Å². The molecule has 0 aromatic heterocycles. The summed E-state index contributed by atoms with van der Waals surface area (Å²) in [6, 6.07) is 5.77. The number of phenolic OH excluding ortho intramolecular Hbond substituents is 1. The molecule has 1 aromatic carbocycles. The van der Waals surface area contributed by atoms with Crippen LogP contribution in [0.5, 0.6) is 11.5 Å². The maximum atomic E-state index is 10.3. The first-order chi connectivity index (χ1) is 9.72. The van der Waals surface area contributed by atoms with Crippen LogP contribution in [0.4, 0.5) is 0 Å². The summed E-state index contributed by atoms with van der Waals surface area (Å²) in [5.74, 6) is 0.892. The summed E-state index contributed by atoms with van der Waals surface area (Å²) in [5.41, 5.74) is 0.961. The fraction of sp³-hybridized carbons (Fsp3) is 0.647. The van der Waals surface area contributed by atoms with Gasteiger partial charge in [-0.05, 0) is 38.9 Å². The van der Waals surface area contributed by atoms with Gasteiger partial charge in [-0.25, -0.2) is 0 Å². The van der Waals surface area contributed by atoms with Crippen molar-refractivity contribution in [2.45, 2.75) is 53.0 Å². The second kappa shape index (κ2) is 9.65. The molecule has 0 heterocycles. The quantitative estimate of drug-likeness (QED) is 0.697. The minimum atomic E-state index is 0.298. The predicted octanol–water partition coefficient (Wildman–Crippen LogP) is 4.19. The second-order valence-corrected chi connectivity index (χ2v) is 5.18. The van der Waals surface area contributed by atoms with Gasteiger partial charge in [0.1, 0.15) is 0 Å². The van der Waals surface area contributed by atoms with E-state index in [-0.39, 0.29) is 0 Å². The van der Waals surface area contributed by atoms with Crippen LogP contribution >= 0.6 is 0 Å². The number of para-hydroxylation sites is 1. The Kier molecular flexibility index (Phi) is 8.12. The third-order valence-corrected chi connectivity index (χ3v) is 3.43. The molecule has 0 radical (unpaired) electrons. The Hall–Kier alpha value is -1.22. The van der Waals surface area contributed by atoms with E-state index in [0.29, 0.717) is 18.1 Å². The molecule has 0 amide bonds. The van der Waals surface area contributed by atoms with Crippen molar-refractivity contribution < 1.29 is 9.84 Å². The summed E-state index contributed by atoms with van der Waals surface area (Å²) in [6.45, 7) is 9.92. The number of phenols is 1. The Morgan fingerprint density at radius 2 is 1.70 bits per heavy atom. The number of hydrogen-bond acceptors (Lipinski definition) is 3.